The second-order valence-corrected chi connectivity index (χ2v) is 26.2. The molecule has 3 N–H and O–H groups in total. The predicted molar refractivity (Wildman–Crippen MR) is 281 cm³/mol. The minimum atomic E-state index is -1.59. The Bertz CT molecular complexity index is 2220. The average Bonchev–Trinajstić information content (AvgIpc) is 3.99. The first kappa shape index (κ1) is 51.2. The van der Waals surface area contributed by atoms with E-state index in [1.807, 2.05) is 6.08 Å². The summed E-state index contributed by atoms with van der Waals surface area (Å²) in [6, 6.07) is 22.1. The molecule has 0 radical (unpaired) electrons. The van der Waals surface area contributed by atoms with E-state index in [1.54, 1.807) is 11.6 Å². The van der Waals surface area contributed by atoms with Gasteiger partial charge >= 0.3 is 11.9 Å². The number of aliphatic hydroxyl groups is 3. The lowest BCUT2D eigenvalue weighted by atomic mass is 9.31. The number of carbonyl (C=O) groups excluding carboxylic acids is 2. The number of hydrogen-bond acceptors (Lipinski definition) is 7. The van der Waals surface area contributed by atoms with Gasteiger partial charge in [-0.15, -0.1) is 0 Å². The molecule has 10 atom stereocenters. The highest BCUT2D eigenvalue weighted by Crippen LogP contribution is 2.76. The molecule has 6 saturated carbocycles. The van der Waals surface area contributed by atoms with Crippen molar-refractivity contribution in [1.29, 1.82) is 0 Å². The maximum absolute atomic E-state index is 14.7. The Labute approximate surface area is 427 Å². The molecular formula is C64H90O7. The van der Waals surface area contributed by atoms with E-state index in [-0.39, 0.29) is 36.8 Å². The van der Waals surface area contributed by atoms with Gasteiger partial charge in [0, 0.05) is 17.4 Å². The summed E-state index contributed by atoms with van der Waals surface area (Å²) in [5.41, 5.74) is -1.61. The van der Waals surface area contributed by atoms with E-state index >= 15 is 0 Å². The summed E-state index contributed by atoms with van der Waals surface area (Å²) in [5.74, 6) is 0.209. The van der Waals surface area contributed by atoms with E-state index < -0.39 is 45.6 Å². The molecule has 0 aromatic heterocycles. The van der Waals surface area contributed by atoms with Gasteiger partial charge in [-0.05, 0) is 186 Å². The van der Waals surface area contributed by atoms with Crippen molar-refractivity contribution in [2.24, 2.45) is 51.2 Å². The van der Waals surface area contributed by atoms with E-state index in [0.29, 0.717) is 42.4 Å². The Kier molecular flexibility index (Phi) is 14.8. The fraction of sp³-hybridized carbons (Fsp3) is 0.719. The van der Waals surface area contributed by atoms with Crippen LogP contribution in [0.25, 0.3) is 0 Å². The highest BCUT2D eigenvalue weighted by molar-refractivity contribution is 5.85. The number of benzene rings is 2. The molecule has 8 aliphatic rings. The van der Waals surface area contributed by atoms with Gasteiger partial charge in [0.15, 0.2) is 0 Å². The van der Waals surface area contributed by atoms with Gasteiger partial charge in [-0.25, -0.2) is 4.79 Å². The number of carbonyl (C=O) groups is 2. The molecule has 0 unspecified atom stereocenters. The Hall–Kier alpha value is -3.26. The molecule has 6 fully saturated rings. The number of esters is 2. The molecule has 1 aliphatic heterocycles. The van der Waals surface area contributed by atoms with Crippen LogP contribution >= 0.6 is 0 Å². The van der Waals surface area contributed by atoms with Crippen molar-refractivity contribution >= 4 is 11.9 Å². The lowest BCUT2D eigenvalue weighted by Gasteiger charge is -2.76. The molecular weight excluding hydrogens is 881 g/mol. The maximum atomic E-state index is 14.7. The molecule has 10 rings (SSSR count). The molecule has 7 aliphatic carbocycles. The van der Waals surface area contributed by atoms with Gasteiger partial charge in [0.25, 0.3) is 0 Å². The molecule has 2 bridgehead atoms. The van der Waals surface area contributed by atoms with E-state index in [0.717, 1.165) is 88.5 Å². The lowest BCUT2D eigenvalue weighted by Crippen LogP contribution is -2.83. The minimum absolute atomic E-state index is 0.128. The largest absolute Gasteiger partial charge is 0.462 e. The Morgan fingerprint density at radius 3 is 2.15 bits per heavy atom. The van der Waals surface area contributed by atoms with Gasteiger partial charge in [0.1, 0.15) is 12.7 Å². The number of hydrogen-bond donors (Lipinski definition) is 3. The zero-order valence-electron chi connectivity index (χ0n) is 44.0. The van der Waals surface area contributed by atoms with Gasteiger partial charge < -0.3 is 24.8 Å². The second-order valence-electron chi connectivity index (χ2n) is 26.2. The van der Waals surface area contributed by atoms with Gasteiger partial charge in [0.2, 0.25) is 0 Å². The highest BCUT2D eigenvalue weighted by atomic mass is 16.5. The van der Waals surface area contributed by atoms with Crippen LogP contribution in [0.3, 0.4) is 0 Å². The summed E-state index contributed by atoms with van der Waals surface area (Å²) in [4.78, 5) is 27.1. The number of rotatable bonds is 16. The van der Waals surface area contributed by atoms with E-state index in [1.165, 1.54) is 76.2 Å². The third kappa shape index (κ3) is 9.37. The van der Waals surface area contributed by atoms with Crippen LogP contribution < -0.4 is 0 Å². The third-order valence-corrected chi connectivity index (χ3v) is 22.2. The van der Waals surface area contributed by atoms with Gasteiger partial charge in [-0.1, -0.05) is 139 Å². The van der Waals surface area contributed by atoms with Crippen LogP contribution in [0, 0.1) is 51.2 Å². The van der Waals surface area contributed by atoms with Crippen LogP contribution in [0.4, 0.5) is 0 Å². The molecule has 2 aromatic carbocycles. The zero-order valence-corrected chi connectivity index (χ0v) is 44.0. The number of fused-ring (bicyclic) bond motifs is 1. The van der Waals surface area contributed by atoms with E-state index in [4.69, 9.17) is 9.47 Å². The Morgan fingerprint density at radius 2 is 1.45 bits per heavy atom. The van der Waals surface area contributed by atoms with Crippen LogP contribution in [-0.2, 0) is 30.9 Å². The van der Waals surface area contributed by atoms with Crippen molar-refractivity contribution in [3.8, 4) is 0 Å². The molecule has 0 amide bonds. The van der Waals surface area contributed by atoms with Crippen molar-refractivity contribution in [3.63, 3.8) is 0 Å². The van der Waals surface area contributed by atoms with Crippen molar-refractivity contribution < 1.29 is 34.4 Å². The standard InChI is InChI=1S/C64H90O7/c1-46(17-16-20-47-18-8-4-9-19-47)25-37-62(68)40-39-58(2)44-53(71-57(67)50-21-10-5-11-22-50)56-59(3,33-30-54(65)64(56,62)63(58,69)38-27-48-41-55(66)70-45-48)51-28-35-60(36-29-51)34-26-49(42-60)43-61(31-14-7-15-32-61)52-23-12-6-13-24-52/h4,6,8-9,12-13,18-19,23-24,39-41,46,49-51,53-54,56,65,68-69H,5,7,10-11,14-17,20-22,25-38,42-45H2,1-3H3/t46-,49-,51?,53-,54+,56+,58+,59+,60?,62+,63-,64+/m1/s1. The maximum Gasteiger partial charge on any atom is 0.331 e. The molecule has 1 heterocycles. The van der Waals surface area contributed by atoms with Crippen LogP contribution in [-0.4, -0.2) is 57.3 Å². The normalized spacial score (nSPS) is 39.4. The van der Waals surface area contributed by atoms with Gasteiger partial charge in [0.05, 0.1) is 28.6 Å². The summed E-state index contributed by atoms with van der Waals surface area (Å²) >= 11 is 0. The van der Waals surface area contributed by atoms with E-state index in [2.05, 4.69) is 87.5 Å². The molecule has 7 nitrogen and oxygen atoms in total. The summed E-state index contributed by atoms with van der Waals surface area (Å²) in [6.07, 6.45) is 31.8. The van der Waals surface area contributed by atoms with Crippen molar-refractivity contribution in [2.75, 3.05) is 6.61 Å². The van der Waals surface area contributed by atoms with Crippen LogP contribution in [0.2, 0.25) is 0 Å². The fourth-order valence-electron chi connectivity index (χ4n) is 18.3. The van der Waals surface area contributed by atoms with Crippen molar-refractivity contribution in [2.45, 2.75) is 229 Å². The SMILES string of the molecule is C[C@H](CCCc1ccccc1)CC[C@]1(O)C=C[C@@]2(C)C[C@@H](OC(=O)C3CCCCC3)[C@@H]3[C@]1([C@@H](O)CC[C@@]3(C)C1CCC3(CC1)CC[C@@H](CC1(c4ccccc4)CCCCC1)C3)[C@@]2(O)CCC1=CC(=O)OC1. The molecule has 0 saturated heterocycles. The minimum Gasteiger partial charge on any atom is -0.462 e. The summed E-state index contributed by atoms with van der Waals surface area (Å²) in [7, 11) is 0. The highest BCUT2D eigenvalue weighted by Gasteiger charge is 2.81. The first-order valence-electron chi connectivity index (χ1n) is 29.2. The average molecular weight is 971 g/mol. The number of cyclic esters (lactones) is 1. The van der Waals surface area contributed by atoms with Crippen LogP contribution in [0.15, 0.2) is 84.5 Å². The van der Waals surface area contributed by atoms with Crippen molar-refractivity contribution in [3.05, 3.63) is 95.6 Å². The number of aliphatic hydroxyl groups excluding tert-OH is 1. The molecule has 2 aromatic rings. The lowest BCUT2D eigenvalue weighted by molar-refractivity contribution is -0.362. The third-order valence-electron chi connectivity index (χ3n) is 22.2. The van der Waals surface area contributed by atoms with Crippen LogP contribution in [0.5, 0.6) is 0 Å². The van der Waals surface area contributed by atoms with Gasteiger partial charge in [-0.2, -0.15) is 0 Å². The first-order valence-corrected chi connectivity index (χ1v) is 29.2. The van der Waals surface area contributed by atoms with Crippen LogP contribution in [0.1, 0.15) is 205 Å². The Morgan fingerprint density at radius 1 is 0.761 bits per heavy atom. The fourth-order valence-corrected chi connectivity index (χ4v) is 18.3. The van der Waals surface area contributed by atoms with Gasteiger partial charge in [-0.3, -0.25) is 4.79 Å². The summed E-state index contributed by atoms with van der Waals surface area (Å²) in [5, 5.41) is 41.8. The molecule has 71 heavy (non-hydrogen) atoms. The quantitative estimate of drug-likeness (QED) is 0.113. The summed E-state index contributed by atoms with van der Waals surface area (Å²) in [6.45, 7) is 7.01. The second kappa shape index (κ2) is 20.5. The molecule has 2 spiro atoms. The number of ether oxygens (including phenoxy) is 2. The predicted octanol–water partition coefficient (Wildman–Crippen LogP) is 13.7. The zero-order chi connectivity index (χ0) is 49.5. The first-order chi connectivity index (χ1) is 34.2. The van der Waals surface area contributed by atoms with Crippen molar-refractivity contribution in [1.82, 2.24) is 0 Å². The Balaban J connectivity index is 0.979. The van der Waals surface area contributed by atoms with E-state index in [9.17, 15) is 24.9 Å². The molecule has 7 heteroatoms. The topological polar surface area (TPSA) is 113 Å². The smallest absolute Gasteiger partial charge is 0.331 e. The number of aryl methyl sites for hydroxylation is 1. The molecule has 388 valence electrons. The monoisotopic (exact) mass is 971 g/mol. The summed E-state index contributed by atoms with van der Waals surface area (Å²) < 4.78 is 12.5.